The number of nitrogens with two attached hydrogens (primary N) is 1. The number of nitrogens with one attached hydrogen (secondary N) is 2. The molecule has 0 bridgehead atoms. The van der Waals surface area contributed by atoms with Crippen LogP contribution in [0.2, 0.25) is 0 Å². The first kappa shape index (κ1) is 19.3. The highest BCUT2D eigenvalue weighted by molar-refractivity contribution is 5.92. The van der Waals surface area contributed by atoms with E-state index in [4.69, 9.17) is 10.5 Å². The van der Waals surface area contributed by atoms with Crippen LogP contribution in [0.1, 0.15) is 36.0 Å². The minimum absolute atomic E-state index is 0.0581. The van der Waals surface area contributed by atoms with Gasteiger partial charge >= 0.3 is 0 Å². The van der Waals surface area contributed by atoms with Crippen molar-refractivity contribution in [1.29, 1.82) is 0 Å². The third-order valence-corrected chi connectivity index (χ3v) is 5.29. The van der Waals surface area contributed by atoms with Crippen LogP contribution < -0.4 is 21.1 Å². The van der Waals surface area contributed by atoms with Gasteiger partial charge in [0, 0.05) is 18.3 Å². The smallest absolute Gasteiger partial charge is 0.258 e. The van der Waals surface area contributed by atoms with E-state index in [1.54, 1.807) is 0 Å². The summed E-state index contributed by atoms with van der Waals surface area (Å²) in [5.41, 5.74) is 11.0. The van der Waals surface area contributed by atoms with Crippen LogP contribution in [0.5, 0.6) is 5.75 Å². The zero-order valence-corrected chi connectivity index (χ0v) is 16.6. The first-order valence-electron chi connectivity index (χ1n) is 10.4. The quantitative estimate of drug-likeness (QED) is 0.476. The van der Waals surface area contributed by atoms with E-state index in [0.29, 0.717) is 24.3 Å². The molecule has 2 aromatic rings. The average molecular weight is 393 g/mol. The Morgan fingerprint density at radius 1 is 1.10 bits per heavy atom. The fraction of sp³-hybridized carbons (Fsp3) is 0.391. The van der Waals surface area contributed by atoms with Gasteiger partial charge in [-0.25, -0.2) is 0 Å². The average Bonchev–Trinajstić information content (AvgIpc) is 3.40. The van der Waals surface area contributed by atoms with Crippen molar-refractivity contribution in [2.45, 2.75) is 44.6 Å². The number of benzene rings is 2. The van der Waals surface area contributed by atoms with Crippen molar-refractivity contribution in [2.24, 2.45) is 10.7 Å². The Kier molecular flexibility index (Phi) is 5.98. The molecule has 0 radical (unpaired) electrons. The molecular formula is C23H28N4O2. The number of ether oxygens (including phenoxy) is 1. The molecule has 6 heteroatoms. The van der Waals surface area contributed by atoms with Crippen LogP contribution in [0.4, 0.5) is 5.69 Å². The maximum atomic E-state index is 11.7. The zero-order valence-electron chi connectivity index (χ0n) is 16.6. The van der Waals surface area contributed by atoms with Gasteiger partial charge in [0.15, 0.2) is 12.6 Å². The molecule has 0 aromatic heterocycles. The van der Waals surface area contributed by atoms with Crippen molar-refractivity contribution in [3.05, 3.63) is 59.2 Å². The maximum Gasteiger partial charge on any atom is 0.258 e. The summed E-state index contributed by atoms with van der Waals surface area (Å²) in [4.78, 5) is 16.1. The number of hydrogen-bond acceptors (Lipinski definition) is 3. The first-order valence-corrected chi connectivity index (χ1v) is 10.4. The lowest BCUT2D eigenvalue weighted by atomic mass is 10.1. The van der Waals surface area contributed by atoms with Crippen LogP contribution in [0.15, 0.2) is 47.5 Å². The molecule has 0 saturated heterocycles. The van der Waals surface area contributed by atoms with Crippen molar-refractivity contribution in [2.75, 3.05) is 18.5 Å². The number of carbonyl (C=O) groups excluding carboxylic acids is 1. The van der Waals surface area contributed by atoms with Gasteiger partial charge in [-0.3, -0.25) is 9.79 Å². The van der Waals surface area contributed by atoms with Gasteiger partial charge < -0.3 is 21.1 Å². The van der Waals surface area contributed by atoms with E-state index in [1.165, 1.54) is 24.0 Å². The highest BCUT2D eigenvalue weighted by Gasteiger charge is 2.23. The fourth-order valence-electron chi connectivity index (χ4n) is 3.54. The number of aryl methyl sites for hydroxylation is 2. The van der Waals surface area contributed by atoms with Crippen LogP contribution >= 0.6 is 0 Å². The lowest BCUT2D eigenvalue weighted by molar-refractivity contribution is -0.123. The van der Waals surface area contributed by atoms with Crippen molar-refractivity contribution < 1.29 is 9.53 Å². The molecule has 29 heavy (non-hydrogen) atoms. The number of carbonyl (C=O) groups is 1. The molecule has 0 atom stereocenters. The van der Waals surface area contributed by atoms with Gasteiger partial charge in [0.25, 0.3) is 5.91 Å². The Balaban J connectivity index is 1.20. The maximum absolute atomic E-state index is 11.7. The Bertz CT molecular complexity index is 888. The van der Waals surface area contributed by atoms with Crippen LogP contribution in [0, 0.1) is 0 Å². The molecule has 1 amide bonds. The van der Waals surface area contributed by atoms with E-state index in [9.17, 15) is 4.79 Å². The topological polar surface area (TPSA) is 88.7 Å². The molecule has 4 N–H and O–H groups in total. The molecule has 0 aliphatic heterocycles. The van der Waals surface area contributed by atoms with E-state index in [1.807, 2.05) is 24.3 Å². The lowest BCUT2D eigenvalue weighted by Crippen LogP contribution is -2.30. The molecule has 152 valence electrons. The molecular weight excluding hydrogens is 364 g/mol. The number of aliphatic imine (C=N–C) groups is 1. The summed E-state index contributed by atoms with van der Waals surface area (Å²) >= 11 is 0. The predicted octanol–water partition coefficient (Wildman–Crippen LogP) is 2.80. The lowest BCUT2D eigenvalue weighted by Gasteiger charge is -2.08. The van der Waals surface area contributed by atoms with Gasteiger partial charge in [0.05, 0.1) is 0 Å². The van der Waals surface area contributed by atoms with Gasteiger partial charge in [-0.1, -0.05) is 18.2 Å². The summed E-state index contributed by atoms with van der Waals surface area (Å²) in [6.07, 6.45) is 6.50. The fourth-order valence-corrected chi connectivity index (χ4v) is 3.54. The van der Waals surface area contributed by atoms with E-state index >= 15 is 0 Å². The second-order valence-corrected chi connectivity index (χ2v) is 7.75. The number of fused-ring (bicyclic) bond motifs is 1. The Morgan fingerprint density at radius 2 is 1.90 bits per heavy atom. The minimum atomic E-state index is -0.0581. The van der Waals surface area contributed by atoms with Crippen LogP contribution in [0.3, 0.4) is 0 Å². The molecule has 6 nitrogen and oxygen atoms in total. The standard InChI is InChI=1S/C23H28N4O2/c24-23(27-20-7-6-17-2-1-3-18(17)14-20)25-13-12-16-4-10-21(11-5-16)29-15-22(28)26-19-8-9-19/h4-7,10-11,14,19H,1-3,8-9,12-13,15H2,(H,26,28)(H3,24,25,27). The predicted molar refractivity (Wildman–Crippen MR) is 115 cm³/mol. The largest absolute Gasteiger partial charge is 0.484 e. The number of amides is 1. The van der Waals surface area contributed by atoms with Crippen molar-refractivity contribution in [1.82, 2.24) is 5.32 Å². The molecule has 2 aliphatic carbocycles. The van der Waals surface area contributed by atoms with E-state index in [2.05, 4.69) is 33.8 Å². The summed E-state index contributed by atoms with van der Waals surface area (Å²) in [7, 11) is 0. The van der Waals surface area contributed by atoms with Crippen LogP contribution in [-0.4, -0.2) is 31.1 Å². The number of nitrogens with zero attached hydrogens (tertiary/aromatic N) is 1. The van der Waals surface area contributed by atoms with E-state index in [0.717, 1.165) is 36.9 Å². The van der Waals surface area contributed by atoms with Crippen molar-refractivity contribution >= 4 is 17.6 Å². The Labute approximate surface area is 171 Å². The molecule has 0 unspecified atom stereocenters. The summed E-state index contributed by atoms with van der Waals surface area (Å²) in [6.45, 7) is 0.665. The van der Waals surface area contributed by atoms with Gasteiger partial charge in [0.2, 0.25) is 0 Å². The van der Waals surface area contributed by atoms with Crippen LogP contribution in [-0.2, 0) is 24.1 Å². The summed E-state index contributed by atoms with van der Waals surface area (Å²) in [5, 5.41) is 6.09. The monoisotopic (exact) mass is 392 g/mol. The van der Waals surface area contributed by atoms with Gasteiger partial charge in [0.1, 0.15) is 5.75 Å². The van der Waals surface area contributed by atoms with Crippen molar-refractivity contribution in [3.63, 3.8) is 0 Å². The first-order chi connectivity index (χ1) is 14.2. The minimum Gasteiger partial charge on any atom is -0.484 e. The highest BCUT2D eigenvalue weighted by Crippen LogP contribution is 2.24. The summed E-state index contributed by atoms with van der Waals surface area (Å²) < 4.78 is 5.52. The molecule has 0 heterocycles. The molecule has 2 aromatic carbocycles. The SMILES string of the molecule is NC(=NCCc1ccc(OCC(=O)NC2CC2)cc1)Nc1ccc2c(c1)CCC2. The Morgan fingerprint density at radius 3 is 2.69 bits per heavy atom. The van der Waals surface area contributed by atoms with Gasteiger partial charge in [-0.2, -0.15) is 0 Å². The number of rotatable bonds is 8. The number of anilines is 1. The van der Waals surface area contributed by atoms with E-state index in [-0.39, 0.29) is 12.5 Å². The normalized spacial score (nSPS) is 15.7. The Hall–Kier alpha value is -3.02. The second kappa shape index (κ2) is 8.99. The number of guanidine groups is 1. The van der Waals surface area contributed by atoms with Gasteiger partial charge in [-0.15, -0.1) is 0 Å². The highest BCUT2D eigenvalue weighted by atomic mass is 16.5. The zero-order chi connectivity index (χ0) is 20.1. The molecule has 1 fully saturated rings. The summed E-state index contributed by atoms with van der Waals surface area (Å²) in [5.74, 6) is 1.07. The molecule has 4 rings (SSSR count). The van der Waals surface area contributed by atoms with Crippen molar-refractivity contribution in [3.8, 4) is 5.75 Å². The molecule has 1 saturated carbocycles. The third kappa shape index (κ3) is 5.73. The van der Waals surface area contributed by atoms with Gasteiger partial charge in [-0.05, 0) is 79.5 Å². The molecule has 0 spiro atoms. The van der Waals surface area contributed by atoms with Crippen LogP contribution in [0.25, 0.3) is 0 Å². The molecule has 2 aliphatic rings. The van der Waals surface area contributed by atoms with E-state index < -0.39 is 0 Å². The number of hydrogen-bond donors (Lipinski definition) is 3. The second-order valence-electron chi connectivity index (χ2n) is 7.75. The summed E-state index contributed by atoms with van der Waals surface area (Å²) in [6, 6.07) is 14.5. The third-order valence-electron chi connectivity index (χ3n) is 5.29.